The monoisotopic (exact) mass is 217 g/mol. The second-order valence-electron chi connectivity index (χ2n) is 4.21. The summed E-state index contributed by atoms with van der Waals surface area (Å²) in [6.07, 6.45) is 4.45. The third-order valence-electron chi connectivity index (χ3n) is 2.97. The molecule has 1 aromatic heterocycles. The van der Waals surface area contributed by atoms with E-state index in [-0.39, 0.29) is 0 Å². The maximum Gasteiger partial charge on any atom is 0.120 e. The van der Waals surface area contributed by atoms with Crippen LogP contribution in [0.2, 0.25) is 0 Å². The number of ether oxygens (including phenoxy) is 1. The minimum absolute atomic E-state index is 0.304. The van der Waals surface area contributed by atoms with E-state index in [9.17, 15) is 0 Å². The Labute approximate surface area is 94.0 Å². The summed E-state index contributed by atoms with van der Waals surface area (Å²) in [4.78, 5) is 0. The van der Waals surface area contributed by atoms with E-state index in [1.165, 1.54) is 6.42 Å². The molecule has 0 aliphatic carbocycles. The Morgan fingerprint density at radius 1 is 1.38 bits per heavy atom. The number of rotatable bonds is 2. The maximum absolute atomic E-state index is 5.93. The van der Waals surface area contributed by atoms with Gasteiger partial charge in [-0.1, -0.05) is 0 Å². The van der Waals surface area contributed by atoms with Crippen molar-refractivity contribution in [2.24, 2.45) is 0 Å². The predicted molar refractivity (Wildman–Crippen MR) is 62.6 cm³/mol. The molecule has 1 aliphatic rings. The van der Waals surface area contributed by atoms with Crippen molar-refractivity contribution in [3.63, 3.8) is 0 Å². The summed E-state index contributed by atoms with van der Waals surface area (Å²) in [6.45, 7) is 2.06. The summed E-state index contributed by atoms with van der Waals surface area (Å²) in [6, 6.07) is 6.04. The molecule has 0 radical (unpaired) electrons. The molecule has 0 saturated carbocycles. The molecule has 16 heavy (non-hydrogen) atoms. The standard InChI is InChI=1S/C12H15N3O/c1-2-11(8-13-5-1)16-10-3-4-12-9(6-10)7-14-15-12/h3-4,6-7,11,13H,1-2,5,8H2,(H,14,15)/t11-/m1/s1. The fourth-order valence-corrected chi connectivity index (χ4v) is 2.11. The molecule has 1 saturated heterocycles. The number of aromatic nitrogens is 2. The van der Waals surface area contributed by atoms with Crippen LogP contribution in [0.1, 0.15) is 12.8 Å². The summed E-state index contributed by atoms with van der Waals surface area (Å²) < 4.78 is 5.93. The van der Waals surface area contributed by atoms with Crippen LogP contribution >= 0.6 is 0 Å². The maximum atomic E-state index is 5.93. The summed E-state index contributed by atoms with van der Waals surface area (Å²) in [5, 5.41) is 11.4. The van der Waals surface area contributed by atoms with E-state index in [2.05, 4.69) is 15.5 Å². The van der Waals surface area contributed by atoms with Gasteiger partial charge >= 0.3 is 0 Å². The lowest BCUT2D eigenvalue weighted by Crippen LogP contribution is -2.37. The van der Waals surface area contributed by atoms with Crippen molar-refractivity contribution in [1.29, 1.82) is 0 Å². The molecule has 0 unspecified atom stereocenters. The van der Waals surface area contributed by atoms with E-state index < -0.39 is 0 Å². The lowest BCUT2D eigenvalue weighted by molar-refractivity contribution is 0.167. The highest BCUT2D eigenvalue weighted by Crippen LogP contribution is 2.21. The first-order chi connectivity index (χ1) is 7.92. The van der Waals surface area contributed by atoms with Crippen molar-refractivity contribution in [3.05, 3.63) is 24.4 Å². The molecule has 1 fully saturated rings. The van der Waals surface area contributed by atoms with E-state index in [4.69, 9.17) is 4.74 Å². The van der Waals surface area contributed by atoms with Crippen LogP contribution in [0.3, 0.4) is 0 Å². The van der Waals surface area contributed by atoms with Crippen LogP contribution in [-0.4, -0.2) is 29.4 Å². The van der Waals surface area contributed by atoms with Crippen LogP contribution in [0.25, 0.3) is 10.9 Å². The molecule has 4 heteroatoms. The Hall–Kier alpha value is -1.55. The van der Waals surface area contributed by atoms with Crippen LogP contribution in [0, 0.1) is 0 Å². The van der Waals surface area contributed by atoms with Gasteiger partial charge in [0.1, 0.15) is 11.9 Å². The third-order valence-corrected chi connectivity index (χ3v) is 2.97. The molecule has 0 spiro atoms. The van der Waals surface area contributed by atoms with Gasteiger partial charge in [-0.05, 0) is 37.6 Å². The molecule has 0 bridgehead atoms. The molecular formula is C12H15N3O. The van der Waals surface area contributed by atoms with Gasteiger partial charge in [-0.3, -0.25) is 5.10 Å². The summed E-state index contributed by atoms with van der Waals surface area (Å²) in [5.41, 5.74) is 1.05. The van der Waals surface area contributed by atoms with Crippen molar-refractivity contribution < 1.29 is 4.74 Å². The van der Waals surface area contributed by atoms with Gasteiger partial charge in [0.15, 0.2) is 0 Å². The van der Waals surface area contributed by atoms with Gasteiger partial charge in [0, 0.05) is 11.9 Å². The van der Waals surface area contributed by atoms with Crippen LogP contribution in [0.15, 0.2) is 24.4 Å². The van der Waals surface area contributed by atoms with E-state index >= 15 is 0 Å². The van der Waals surface area contributed by atoms with Crippen molar-refractivity contribution in [2.75, 3.05) is 13.1 Å². The Kier molecular flexibility index (Phi) is 2.50. The average Bonchev–Trinajstić information content (AvgIpc) is 2.77. The predicted octanol–water partition coefficient (Wildman–Crippen LogP) is 1.69. The first-order valence-electron chi connectivity index (χ1n) is 5.72. The summed E-state index contributed by atoms with van der Waals surface area (Å²) >= 11 is 0. The molecule has 2 N–H and O–H groups in total. The first-order valence-corrected chi connectivity index (χ1v) is 5.72. The number of nitrogens with one attached hydrogen (secondary N) is 2. The van der Waals surface area contributed by atoms with Gasteiger partial charge in [-0.2, -0.15) is 5.10 Å². The minimum Gasteiger partial charge on any atom is -0.489 e. The van der Waals surface area contributed by atoms with Crippen LogP contribution in [0.4, 0.5) is 0 Å². The van der Waals surface area contributed by atoms with Crippen LogP contribution in [-0.2, 0) is 0 Å². The Bertz CT molecular complexity index is 474. The quantitative estimate of drug-likeness (QED) is 0.805. The van der Waals surface area contributed by atoms with Gasteiger partial charge in [-0.15, -0.1) is 0 Å². The largest absolute Gasteiger partial charge is 0.489 e. The SMILES string of the molecule is c1cc2[nH]ncc2cc1O[C@@H]1CCCNC1. The number of H-pyrrole nitrogens is 1. The van der Waals surface area contributed by atoms with Gasteiger partial charge in [-0.25, -0.2) is 0 Å². The zero-order chi connectivity index (χ0) is 10.8. The molecule has 4 nitrogen and oxygen atoms in total. The molecule has 2 heterocycles. The molecule has 1 aliphatic heterocycles. The normalized spacial score (nSPS) is 21.1. The molecule has 2 aromatic rings. The lowest BCUT2D eigenvalue weighted by atomic mass is 10.1. The second-order valence-corrected chi connectivity index (χ2v) is 4.21. The fourth-order valence-electron chi connectivity index (χ4n) is 2.11. The van der Waals surface area contributed by atoms with Gasteiger partial charge in [0.05, 0.1) is 11.7 Å². The zero-order valence-corrected chi connectivity index (χ0v) is 9.07. The minimum atomic E-state index is 0.304. The van der Waals surface area contributed by atoms with Crippen LogP contribution < -0.4 is 10.1 Å². The molecule has 1 aromatic carbocycles. The smallest absolute Gasteiger partial charge is 0.120 e. The van der Waals surface area contributed by atoms with Gasteiger partial charge in [0.25, 0.3) is 0 Å². The van der Waals surface area contributed by atoms with E-state index in [1.54, 1.807) is 0 Å². The Balaban J connectivity index is 1.77. The molecule has 3 rings (SSSR count). The highest BCUT2D eigenvalue weighted by molar-refractivity contribution is 5.79. The number of nitrogens with zero attached hydrogens (tertiary/aromatic N) is 1. The molecular weight excluding hydrogens is 202 g/mol. The highest BCUT2D eigenvalue weighted by atomic mass is 16.5. The van der Waals surface area contributed by atoms with Crippen molar-refractivity contribution >= 4 is 10.9 Å². The highest BCUT2D eigenvalue weighted by Gasteiger charge is 2.14. The number of piperidine rings is 1. The van der Waals surface area contributed by atoms with E-state index in [1.807, 2.05) is 24.4 Å². The topological polar surface area (TPSA) is 49.9 Å². The van der Waals surface area contributed by atoms with Crippen LogP contribution in [0.5, 0.6) is 5.75 Å². The average molecular weight is 217 g/mol. The Morgan fingerprint density at radius 2 is 2.38 bits per heavy atom. The number of benzene rings is 1. The number of hydrogen-bond donors (Lipinski definition) is 2. The Morgan fingerprint density at radius 3 is 3.25 bits per heavy atom. The molecule has 1 atom stereocenters. The number of aromatic amines is 1. The van der Waals surface area contributed by atoms with E-state index in [0.717, 1.165) is 36.2 Å². The van der Waals surface area contributed by atoms with Gasteiger partial charge in [0.2, 0.25) is 0 Å². The lowest BCUT2D eigenvalue weighted by Gasteiger charge is -2.23. The molecule has 0 amide bonds. The summed E-state index contributed by atoms with van der Waals surface area (Å²) in [7, 11) is 0. The number of hydrogen-bond acceptors (Lipinski definition) is 3. The first kappa shape index (κ1) is 9.66. The van der Waals surface area contributed by atoms with E-state index in [0.29, 0.717) is 6.10 Å². The number of fused-ring (bicyclic) bond motifs is 1. The molecule has 84 valence electrons. The van der Waals surface area contributed by atoms with Crippen molar-refractivity contribution in [2.45, 2.75) is 18.9 Å². The van der Waals surface area contributed by atoms with Crippen molar-refractivity contribution in [1.82, 2.24) is 15.5 Å². The fraction of sp³-hybridized carbons (Fsp3) is 0.417. The zero-order valence-electron chi connectivity index (χ0n) is 9.07. The van der Waals surface area contributed by atoms with Gasteiger partial charge < -0.3 is 10.1 Å². The second kappa shape index (κ2) is 4.14. The summed E-state index contributed by atoms with van der Waals surface area (Å²) in [5.74, 6) is 0.933. The van der Waals surface area contributed by atoms with Crippen molar-refractivity contribution in [3.8, 4) is 5.75 Å². The third kappa shape index (κ3) is 1.88.